The van der Waals surface area contributed by atoms with Crippen LogP contribution in [0, 0.1) is 0 Å². The molecule has 1 aliphatic rings. The lowest BCUT2D eigenvalue weighted by molar-refractivity contribution is -0.140. The summed E-state index contributed by atoms with van der Waals surface area (Å²) in [6.45, 7) is 7.97. The van der Waals surface area contributed by atoms with Crippen LogP contribution in [-0.4, -0.2) is 50.0 Å². The van der Waals surface area contributed by atoms with Crippen molar-refractivity contribution >= 4 is 27.5 Å². The van der Waals surface area contributed by atoms with E-state index in [1.165, 1.54) is 4.90 Å². The molecule has 0 spiro atoms. The molecule has 0 aromatic heterocycles. The summed E-state index contributed by atoms with van der Waals surface area (Å²) in [5.41, 5.74) is 2.28. The molecule has 0 heterocycles. The van der Waals surface area contributed by atoms with Crippen molar-refractivity contribution in [2.45, 2.75) is 83.8 Å². The highest BCUT2D eigenvalue weighted by molar-refractivity contribution is 7.92. The fourth-order valence-electron chi connectivity index (χ4n) is 4.81. The van der Waals surface area contributed by atoms with Gasteiger partial charge in [-0.25, -0.2) is 8.42 Å². The molecular weight excluding hydrogens is 486 g/mol. The molecule has 2 aromatic rings. The van der Waals surface area contributed by atoms with E-state index < -0.39 is 22.0 Å². The van der Waals surface area contributed by atoms with Gasteiger partial charge in [-0.1, -0.05) is 83.0 Å². The van der Waals surface area contributed by atoms with E-state index in [1.807, 2.05) is 49.4 Å². The second kappa shape index (κ2) is 12.1. The minimum atomic E-state index is -3.75. The first kappa shape index (κ1) is 28.7. The first-order valence-corrected chi connectivity index (χ1v) is 15.0. The Morgan fingerprint density at radius 2 is 1.59 bits per heavy atom. The number of hydrogen-bond donors (Lipinski definition) is 1. The average molecular weight is 528 g/mol. The van der Waals surface area contributed by atoms with E-state index in [9.17, 15) is 18.0 Å². The van der Waals surface area contributed by atoms with Gasteiger partial charge in [-0.3, -0.25) is 13.9 Å². The van der Waals surface area contributed by atoms with E-state index in [-0.39, 0.29) is 30.5 Å². The van der Waals surface area contributed by atoms with Crippen LogP contribution < -0.4 is 9.62 Å². The Labute approximate surface area is 222 Å². The third-order valence-corrected chi connectivity index (χ3v) is 8.12. The Morgan fingerprint density at radius 3 is 2.11 bits per heavy atom. The maximum absolute atomic E-state index is 13.8. The number of rotatable bonds is 10. The van der Waals surface area contributed by atoms with Gasteiger partial charge in [-0.15, -0.1) is 0 Å². The van der Waals surface area contributed by atoms with Gasteiger partial charge in [0.15, 0.2) is 0 Å². The summed E-state index contributed by atoms with van der Waals surface area (Å²) in [7, 11) is -3.75. The summed E-state index contributed by atoms with van der Waals surface area (Å²) < 4.78 is 26.7. The van der Waals surface area contributed by atoms with Crippen LogP contribution >= 0.6 is 0 Å². The number of benzene rings is 2. The largest absolute Gasteiger partial charge is 0.352 e. The molecule has 0 saturated heterocycles. The number of amides is 2. The molecule has 8 heteroatoms. The van der Waals surface area contributed by atoms with Crippen LogP contribution in [-0.2, 0) is 31.6 Å². The minimum absolute atomic E-state index is 0.0855. The van der Waals surface area contributed by atoms with Gasteiger partial charge in [-0.2, -0.15) is 0 Å². The molecule has 1 aliphatic carbocycles. The standard InChI is InChI=1S/C29H41N3O4S/c1-6-26(28(34)30-24-14-10-11-15-24)31(20-22-12-8-7-9-13-22)27(33)21-32(37(5,35)36)25-18-16-23(17-19-25)29(2,3)4/h7-9,12-13,16-19,24,26H,6,10-11,14-15,20-21H2,1-5H3,(H,30,34)/t26-/m1/s1. The Balaban J connectivity index is 1.90. The maximum Gasteiger partial charge on any atom is 0.244 e. The lowest BCUT2D eigenvalue weighted by Gasteiger charge is -2.33. The maximum atomic E-state index is 13.8. The van der Waals surface area contributed by atoms with Crippen LogP contribution in [0.4, 0.5) is 5.69 Å². The number of carbonyl (C=O) groups excluding carboxylic acids is 2. The van der Waals surface area contributed by atoms with Crippen molar-refractivity contribution in [2.24, 2.45) is 0 Å². The number of sulfonamides is 1. The molecule has 1 N–H and O–H groups in total. The fraction of sp³-hybridized carbons (Fsp3) is 0.517. The van der Waals surface area contributed by atoms with E-state index in [2.05, 4.69) is 26.1 Å². The second-order valence-electron chi connectivity index (χ2n) is 11.0. The molecule has 1 atom stereocenters. The highest BCUT2D eigenvalue weighted by Crippen LogP contribution is 2.26. The Kier molecular flexibility index (Phi) is 9.40. The third kappa shape index (κ3) is 7.81. The summed E-state index contributed by atoms with van der Waals surface area (Å²) in [4.78, 5) is 28.6. The lowest BCUT2D eigenvalue weighted by atomic mass is 9.87. The minimum Gasteiger partial charge on any atom is -0.352 e. The van der Waals surface area contributed by atoms with Crippen molar-refractivity contribution in [1.82, 2.24) is 10.2 Å². The van der Waals surface area contributed by atoms with Gasteiger partial charge in [0.25, 0.3) is 0 Å². The highest BCUT2D eigenvalue weighted by atomic mass is 32.2. The van der Waals surface area contributed by atoms with Crippen molar-refractivity contribution in [3.63, 3.8) is 0 Å². The van der Waals surface area contributed by atoms with Crippen LogP contribution in [0.1, 0.15) is 70.9 Å². The third-order valence-electron chi connectivity index (χ3n) is 6.98. The summed E-state index contributed by atoms with van der Waals surface area (Å²) in [5, 5.41) is 3.12. The number of nitrogens with one attached hydrogen (secondary N) is 1. The van der Waals surface area contributed by atoms with Crippen LogP contribution in [0.25, 0.3) is 0 Å². The van der Waals surface area contributed by atoms with Gasteiger partial charge in [0.05, 0.1) is 11.9 Å². The van der Waals surface area contributed by atoms with Gasteiger partial charge in [0.2, 0.25) is 21.8 Å². The summed E-state index contributed by atoms with van der Waals surface area (Å²) in [5.74, 6) is -0.596. The summed E-state index contributed by atoms with van der Waals surface area (Å²) in [6.07, 6.45) is 5.60. The smallest absolute Gasteiger partial charge is 0.244 e. The molecule has 0 bridgehead atoms. The second-order valence-corrected chi connectivity index (χ2v) is 12.9. The number of nitrogens with zero attached hydrogens (tertiary/aromatic N) is 2. The van der Waals surface area contributed by atoms with Crippen molar-refractivity contribution in [3.05, 3.63) is 65.7 Å². The topological polar surface area (TPSA) is 86.8 Å². The first-order valence-electron chi connectivity index (χ1n) is 13.1. The molecule has 7 nitrogen and oxygen atoms in total. The van der Waals surface area contributed by atoms with Crippen molar-refractivity contribution in [2.75, 3.05) is 17.1 Å². The Hall–Kier alpha value is -2.87. The zero-order valence-corrected chi connectivity index (χ0v) is 23.6. The predicted octanol–water partition coefficient (Wildman–Crippen LogP) is 4.62. The van der Waals surface area contributed by atoms with Gasteiger partial charge < -0.3 is 10.2 Å². The first-order chi connectivity index (χ1) is 17.4. The van der Waals surface area contributed by atoms with Crippen LogP contribution in [0.15, 0.2) is 54.6 Å². The quantitative estimate of drug-likeness (QED) is 0.489. The molecule has 2 aromatic carbocycles. The molecule has 0 unspecified atom stereocenters. The SMILES string of the molecule is CC[C@H](C(=O)NC1CCCC1)N(Cc1ccccc1)C(=O)CN(c1ccc(C(C)(C)C)cc1)S(C)(=O)=O. The lowest BCUT2D eigenvalue weighted by Crippen LogP contribution is -2.53. The van der Waals surface area contributed by atoms with E-state index in [0.717, 1.165) is 47.4 Å². The van der Waals surface area contributed by atoms with Gasteiger partial charge in [0, 0.05) is 12.6 Å². The number of anilines is 1. The molecule has 2 amide bonds. The monoisotopic (exact) mass is 527 g/mol. The summed E-state index contributed by atoms with van der Waals surface area (Å²) >= 11 is 0. The van der Waals surface area contributed by atoms with Crippen molar-refractivity contribution in [3.8, 4) is 0 Å². The molecule has 202 valence electrons. The van der Waals surface area contributed by atoms with Crippen LogP contribution in [0.2, 0.25) is 0 Å². The molecule has 1 fully saturated rings. The van der Waals surface area contributed by atoms with Gasteiger partial charge in [0.1, 0.15) is 12.6 Å². The Morgan fingerprint density at radius 1 is 1.00 bits per heavy atom. The van der Waals surface area contributed by atoms with E-state index in [4.69, 9.17) is 0 Å². The van der Waals surface area contributed by atoms with Gasteiger partial charge in [-0.05, 0) is 47.9 Å². The van der Waals surface area contributed by atoms with E-state index in [0.29, 0.717) is 12.1 Å². The Bertz CT molecular complexity index is 1150. The molecule has 3 rings (SSSR count). The highest BCUT2D eigenvalue weighted by Gasteiger charge is 2.33. The number of hydrogen-bond acceptors (Lipinski definition) is 4. The van der Waals surface area contributed by atoms with Crippen molar-refractivity contribution < 1.29 is 18.0 Å². The summed E-state index contributed by atoms with van der Waals surface area (Å²) in [6, 6.07) is 16.2. The van der Waals surface area contributed by atoms with Crippen molar-refractivity contribution in [1.29, 1.82) is 0 Å². The van der Waals surface area contributed by atoms with Gasteiger partial charge >= 0.3 is 0 Å². The number of carbonyl (C=O) groups is 2. The van der Waals surface area contributed by atoms with Crippen LogP contribution in [0.3, 0.4) is 0 Å². The zero-order chi connectivity index (χ0) is 27.2. The molecule has 37 heavy (non-hydrogen) atoms. The normalized spacial score (nSPS) is 15.3. The predicted molar refractivity (Wildman–Crippen MR) is 149 cm³/mol. The van der Waals surface area contributed by atoms with Crippen LogP contribution in [0.5, 0.6) is 0 Å². The molecule has 0 radical (unpaired) electrons. The molecule has 1 saturated carbocycles. The van der Waals surface area contributed by atoms with E-state index >= 15 is 0 Å². The zero-order valence-electron chi connectivity index (χ0n) is 22.7. The average Bonchev–Trinajstić information content (AvgIpc) is 3.34. The molecular formula is C29H41N3O4S. The fourth-order valence-corrected chi connectivity index (χ4v) is 5.66. The van der Waals surface area contributed by atoms with E-state index in [1.54, 1.807) is 12.1 Å². The molecule has 0 aliphatic heterocycles.